The summed E-state index contributed by atoms with van der Waals surface area (Å²) in [6.45, 7) is 1.79. The fourth-order valence-corrected chi connectivity index (χ4v) is 1.89. The number of carbonyl (C=O) groups is 2. The second-order valence-corrected chi connectivity index (χ2v) is 5.00. The molecule has 0 aromatic heterocycles. The van der Waals surface area contributed by atoms with Crippen molar-refractivity contribution in [3.8, 4) is 0 Å². The minimum absolute atomic E-state index is 0.0521. The van der Waals surface area contributed by atoms with E-state index in [1.165, 1.54) is 0 Å². The zero-order chi connectivity index (χ0) is 15.1. The Kier molecular flexibility index (Phi) is 6.55. The van der Waals surface area contributed by atoms with Gasteiger partial charge in [0.1, 0.15) is 6.04 Å². The van der Waals surface area contributed by atoms with Crippen LogP contribution in [0.5, 0.6) is 0 Å². The number of hydrogen-bond donors (Lipinski definition) is 2. The third-order valence-electron chi connectivity index (χ3n) is 2.59. The number of carboxylic acid groups (broad SMARTS) is 1. The van der Waals surface area contributed by atoms with Crippen LogP contribution < -0.4 is 5.32 Å². The summed E-state index contributed by atoms with van der Waals surface area (Å²) in [4.78, 5) is 22.8. The van der Waals surface area contributed by atoms with Crippen LogP contribution in [0.4, 0.5) is 0 Å². The minimum atomic E-state index is -1.06. The summed E-state index contributed by atoms with van der Waals surface area (Å²) < 4.78 is 0. The van der Waals surface area contributed by atoms with Gasteiger partial charge in [0.25, 0.3) is 0 Å². The van der Waals surface area contributed by atoms with E-state index in [9.17, 15) is 9.59 Å². The number of carboxylic acids is 1. The third-order valence-corrected chi connectivity index (χ3v) is 3.33. The summed E-state index contributed by atoms with van der Waals surface area (Å²) in [5, 5.41) is 12.2. The second-order valence-electron chi connectivity index (χ2n) is 4.19. The number of hydrogen-bond acceptors (Lipinski definition) is 2. The highest BCUT2D eigenvalue weighted by atomic mass is 35.5. The van der Waals surface area contributed by atoms with Crippen LogP contribution in [0.1, 0.15) is 18.9 Å². The van der Waals surface area contributed by atoms with Crippen LogP contribution in [0.25, 0.3) is 0 Å². The van der Waals surface area contributed by atoms with Gasteiger partial charge < -0.3 is 10.4 Å². The van der Waals surface area contributed by atoms with E-state index >= 15 is 0 Å². The van der Waals surface area contributed by atoms with Crippen LogP contribution in [-0.4, -0.2) is 23.0 Å². The lowest BCUT2D eigenvalue weighted by Crippen LogP contribution is -2.41. The smallest absolute Gasteiger partial charge is 0.326 e. The fourth-order valence-electron chi connectivity index (χ4n) is 1.57. The number of benzene rings is 1. The number of carbonyl (C=O) groups excluding carboxylic acids is 1. The van der Waals surface area contributed by atoms with Crippen molar-refractivity contribution >= 4 is 35.1 Å². The normalized spacial score (nSPS) is 12.3. The maximum Gasteiger partial charge on any atom is 0.326 e. The van der Waals surface area contributed by atoms with E-state index in [-0.39, 0.29) is 18.7 Å². The lowest BCUT2D eigenvalue weighted by atomic mass is 10.1. The monoisotopic (exact) mass is 315 g/mol. The molecule has 1 atom stereocenters. The summed E-state index contributed by atoms with van der Waals surface area (Å²) in [5.74, 6) is -1.44. The molecule has 0 heterocycles. The highest BCUT2D eigenvalue weighted by molar-refractivity contribution is 6.42. The summed E-state index contributed by atoms with van der Waals surface area (Å²) in [6.07, 6.45) is 3.73. The molecule has 1 unspecified atom stereocenters. The lowest BCUT2D eigenvalue weighted by Gasteiger charge is -2.12. The number of rotatable bonds is 6. The zero-order valence-corrected chi connectivity index (χ0v) is 12.4. The Morgan fingerprint density at radius 1 is 1.35 bits per heavy atom. The molecule has 0 bridgehead atoms. The molecule has 1 amide bonds. The molecule has 0 fully saturated rings. The number of allylic oxidation sites excluding steroid dienone is 1. The van der Waals surface area contributed by atoms with Gasteiger partial charge in [-0.1, -0.05) is 41.4 Å². The van der Waals surface area contributed by atoms with Crippen molar-refractivity contribution in [2.75, 3.05) is 0 Å². The number of aliphatic carboxylic acids is 1. The number of halogens is 2. The minimum Gasteiger partial charge on any atom is -0.480 e. The predicted octanol–water partition coefficient (Wildman–Crippen LogP) is 3.07. The summed E-state index contributed by atoms with van der Waals surface area (Å²) in [7, 11) is 0. The summed E-state index contributed by atoms with van der Waals surface area (Å²) >= 11 is 11.6. The molecule has 0 spiro atoms. The van der Waals surface area contributed by atoms with Gasteiger partial charge in [-0.2, -0.15) is 0 Å². The van der Waals surface area contributed by atoms with E-state index in [0.29, 0.717) is 15.6 Å². The van der Waals surface area contributed by atoms with Gasteiger partial charge >= 0.3 is 5.97 Å². The quantitative estimate of drug-likeness (QED) is 0.793. The Morgan fingerprint density at radius 3 is 2.60 bits per heavy atom. The van der Waals surface area contributed by atoms with Gasteiger partial charge in [0.2, 0.25) is 5.91 Å². The van der Waals surface area contributed by atoms with Gasteiger partial charge in [0.15, 0.2) is 0 Å². The number of amides is 1. The molecule has 0 saturated heterocycles. The molecule has 1 rings (SSSR count). The second kappa shape index (κ2) is 7.92. The van der Waals surface area contributed by atoms with Gasteiger partial charge in [0.05, 0.1) is 16.5 Å². The Labute approximate surface area is 127 Å². The van der Waals surface area contributed by atoms with Crippen molar-refractivity contribution < 1.29 is 14.7 Å². The van der Waals surface area contributed by atoms with Crippen LogP contribution in [0.15, 0.2) is 30.4 Å². The largest absolute Gasteiger partial charge is 0.480 e. The average molecular weight is 316 g/mol. The molecule has 1 aromatic rings. The third kappa shape index (κ3) is 5.23. The topological polar surface area (TPSA) is 66.4 Å². The molecule has 4 nitrogen and oxygen atoms in total. The van der Waals surface area contributed by atoms with Crippen molar-refractivity contribution in [2.45, 2.75) is 25.8 Å². The predicted molar refractivity (Wildman–Crippen MR) is 79.2 cm³/mol. The van der Waals surface area contributed by atoms with Crippen LogP contribution in [-0.2, 0) is 16.0 Å². The van der Waals surface area contributed by atoms with Crippen LogP contribution in [0.3, 0.4) is 0 Å². The molecule has 1 aromatic carbocycles. The standard InChI is InChI=1S/C14H15Cl2NO3/c1-2-3-4-12(14(19)20)17-13(18)8-9-5-6-10(15)11(16)7-9/h2-3,5-7,12H,4,8H2,1H3,(H,17,18)(H,19,20)/b3-2+. The molecule has 6 heteroatoms. The van der Waals surface area contributed by atoms with Gasteiger partial charge in [-0.25, -0.2) is 4.79 Å². The summed E-state index contributed by atoms with van der Waals surface area (Å²) in [5.41, 5.74) is 0.673. The molecule has 108 valence electrons. The van der Waals surface area contributed by atoms with Crippen LogP contribution in [0, 0.1) is 0 Å². The molecule has 0 aliphatic heterocycles. The molecule has 0 saturated carbocycles. The first kappa shape index (κ1) is 16.5. The fraction of sp³-hybridized carbons (Fsp3) is 0.286. The molecular formula is C14H15Cl2NO3. The molecule has 20 heavy (non-hydrogen) atoms. The zero-order valence-electron chi connectivity index (χ0n) is 10.9. The van der Waals surface area contributed by atoms with Crippen molar-refractivity contribution in [3.05, 3.63) is 46.0 Å². The van der Waals surface area contributed by atoms with E-state index < -0.39 is 12.0 Å². The maximum atomic E-state index is 11.8. The lowest BCUT2D eigenvalue weighted by molar-refractivity contribution is -0.141. The first-order chi connectivity index (χ1) is 9.43. The van der Waals surface area contributed by atoms with E-state index in [4.69, 9.17) is 28.3 Å². The molecule has 0 radical (unpaired) electrons. The highest BCUT2D eigenvalue weighted by Crippen LogP contribution is 2.22. The van der Waals surface area contributed by atoms with Gasteiger partial charge in [0, 0.05) is 0 Å². The maximum absolute atomic E-state index is 11.8. The molecule has 0 aliphatic carbocycles. The van der Waals surface area contributed by atoms with E-state index in [1.807, 2.05) is 0 Å². The first-order valence-corrected chi connectivity index (χ1v) is 6.77. The molecule has 0 aliphatic rings. The molecular weight excluding hydrogens is 301 g/mol. The van der Waals surface area contributed by atoms with E-state index in [1.54, 1.807) is 37.3 Å². The average Bonchev–Trinajstić information content (AvgIpc) is 2.38. The van der Waals surface area contributed by atoms with Crippen molar-refractivity contribution in [2.24, 2.45) is 0 Å². The van der Waals surface area contributed by atoms with Crippen molar-refractivity contribution in [1.82, 2.24) is 5.32 Å². The molecule has 2 N–H and O–H groups in total. The van der Waals surface area contributed by atoms with Crippen molar-refractivity contribution in [3.63, 3.8) is 0 Å². The van der Waals surface area contributed by atoms with Gasteiger partial charge in [-0.15, -0.1) is 0 Å². The van der Waals surface area contributed by atoms with Crippen LogP contribution in [0.2, 0.25) is 10.0 Å². The Bertz CT molecular complexity index is 529. The first-order valence-electron chi connectivity index (χ1n) is 6.01. The number of nitrogens with one attached hydrogen (secondary N) is 1. The summed E-state index contributed by atoms with van der Waals surface area (Å²) in [6, 6.07) is 3.93. The van der Waals surface area contributed by atoms with Gasteiger partial charge in [-0.3, -0.25) is 4.79 Å². The van der Waals surface area contributed by atoms with E-state index in [2.05, 4.69) is 5.32 Å². The van der Waals surface area contributed by atoms with Crippen molar-refractivity contribution in [1.29, 1.82) is 0 Å². The Morgan fingerprint density at radius 2 is 2.05 bits per heavy atom. The van der Waals surface area contributed by atoms with Gasteiger partial charge in [-0.05, 0) is 31.0 Å². The van der Waals surface area contributed by atoms with Crippen LogP contribution >= 0.6 is 23.2 Å². The highest BCUT2D eigenvalue weighted by Gasteiger charge is 2.18. The Hall–Kier alpha value is -1.52. The van der Waals surface area contributed by atoms with E-state index in [0.717, 1.165) is 0 Å². The Balaban J connectivity index is 2.65. The SMILES string of the molecule is C/C=C/CC(NC(=O)Cc1ccc(Cl)c(Cl)c1)C(=O)O.